The molecule has 0 saturated carbocycles. The lowest BCUT2D eigenvalue weighted by molar-refractivity contribution is 1.00. The number of nitrogen functional groups attached to an aromatic ring is 1. The Labute approximate surface area is 67.5 Å². The number of hydrogen-bond acceptors (Lipinski definition) is 2. The van der Waals surface area contributed by atoms with E-state index in [1.54, 1.807) is 0 Å². The molecular formula is C9H14N2. The molecule has 0 aliphatic rings. The Kier molecular flexibility index (Phi) is 2.13. The Bertz CT molecular complexity index is 267. The van der Waals surface area contributed by atoms with Crippen molar-refractivity contribution in [3.8, 4) is 0 Å². The van der Waals surface area contributed by atoms with Crippen molar-refractivity contribution in [3.63, 3.8) is 0 Å². The smallest absolute Gasteiger partial charge is 0.0450 e. The van der Waals surface area contributed by atoms with Gasteiger partial charge in [0.25, 0.3) is 0 Å². The second-order valence-electron chi connectivity index (χ2n) is 2.78. The normalized spacial score (nSPS) is 10.1. The highest BCUT2D eigenvalue weighted by Crippen LogP contribution is 2.17. The molecule has 2 nitrogen and oxygen atoms in total. The fourth-order valence-corrected chi connectivity index (χ4v) is 1.15. The summed E-state index contributed by atoms with van der Waals surface area (Å²) in [6.45, 7) is 6.09. The first kappa shape index (κ1) is 8.05. The fourth-order valence-electron chi connectivity index (χ4n) is 1.15. The number of aryl methyl sites for hydroxylation is 2. The maximum Gasteiger partial charge on any atom is 0.0450 e. The minimum absolute atomic E-state index is 0.886. The number of pyridine rings is 1. The Balaban J connectivity index is 3.25. The minimum atomic E-state index is 0.886. The summed E-state index contributed by atoms with van der Waals surface area (Å²) in [4.78, 5) is 4.28. The van der Waals surface area contributed by atoms with Gasteiger partial charge in [0.05, 0.1) is 0 Å². The summed E-state index contributed by atoms with van der Waals surface area (Å²) in [6, 6.07) is 0. The van der Waals surface area contributed by atoms with E-state index in [9.17, 15) is 0 Å². The molecule has 0 saturated heterocycles. The molecule has 1 aromatic heterocycles. The number of nitrogens with zero attached hydrogens (tertiary/aromatic N) is 1. The van der Waals surface area contributed by atoms with Gasteiger partial charge >= 0.3 is 0 Å². The largest absolute Gasteiger partial charge is 0.398 e. The first-order chi connectivity index (χ1) is 5.16. The van der Waals surface area contributed by atoms with E-state index in [1.165, 1.54) is 0 Å². The summed E-state index contributed by atoms with van der Waals surface area (Å²) in [5, 5.41) is 0. The van der Waals surface area contributed by atoms with Crippen molar-refractivity contribution in [2.45, 2.75) is 27.2 Å². The second-order valence-corrected chi connectivity index (χ2v) is 2.78. The summed E-state index contributed by atoms with van der Waals surface area (Å²) in [5.41, 5.74) is 10.0. The molecule has 0 radical (unpaired) electrons. The highest BCUT2D eigenvalue weighted by molar-refractivity contribution is 5.53. The van der Waals surface area contributed by atoms with E-state index in [1.807, 2.05) is 20.0 Å². The van der Waals surface area contributed by atoms with Gasteiger partial charge in [-0.1, -0.05) is 6.92 Å². The van der Waals surface area contributed by atoms with Crippen molar-refractivity contribution >= 4 is 5.69 Å². The number of aromatic nitrogens is 1. The van der Waals surface area contributed by atoms with Crippen molar-refractivity contribution in [1.82, 2.24) is 4.98 Å². The van der Waals surface area contributed by atoms with Crippen LogP contribution in [0.1, 0.15) is 23.7 Å². The van der Waals surface area contributed by atoms with Gasteiger partial charge in [-0.3, -0.25) is 4.98 Å². The third-order valence-corrected chi connectivity index (χ3v) is 2.01. The Morgan fingerprint density at radius 2 is 2.09 bits per heavy atom. The Hall–Kier alpha value is -1.05. The van der Waals surface area contributed by atoms with Crippen LogP contribution < -0.4 is 5.73 Å². The van der Waals surface area contributed by atoms with E-state index in [0.717, 1.165) is 28.9 Å². The van der Waals surface area contributed by atoms with Crippen LogP contribution in [0.15, 0.2) is 6.20 Å². The minimum Gasteiger partial charge on any atom is -0.398 e. The zero-order valence-corrected chi connectivity index (χ0v) is 7.31. The van der Waals surface area contributed by atoms with Crippen LogP contribution in [0.4, 0.5) is 5.69 Å². The molecule has 0 aliphatic heterocycles. The number of rotatable bonds is 1. The standard InChI is InChI=1S/C9H14N2/c1-4-8-7(3)9(10)6(2)5-11-8/h5H,4H2,1-3H3,(H2,10,11). The van der Waals surface area contributed by atoms with Gasteiger partial charge in [0.2, 0.25) is 0 Å². The quantitative estimate of drug-likeness (QED) is 0.663. The molecule has 2 heteroatoms. The van der Waals surface area contributed by atoms with Crippen molar-refractivity contribution in [2.24, 2.45) is 0 Å². The van der Waals surface area contributed by atoms with Gasteiger partial charge < -0.3 is 5.73 Å². The molecule has 0 atom stereocenters. The third-order valence-electron chi connectivity index (χ3n) is 2.01. The van der Waals surface area contributed by atoms with Crippen LogP contribution in [0.2, 0.25) is 0 Å². The monoisotopic (exact) mass is 150 g/mol. The van der Waals surface area contributed by atoms with Crippen LogP contribution in [0.3, 0.4) is 0 Å². The highest BCUT2D eigenvalue weighted by Gasteiger charge is 2.02. The second kappa shape index (κ2) is 2.91. The molecular weight excluding hydrogens is 136 g/mol. The van der Waals surface area contributed by atoms with Crippen LogP contribution in [-0.2, 0) is 6.42 Å². The molecule has 11 heavy (non-hydrogen) atoms. The summed E-state index contributed by atoms with van der Waals surface area (Å²) < 4.78 is 0. The van der Waals surface area contributed by atoms with E-state index in [4.69, 9.17) is 5.73 Å². The predicted molar refractivity (Wildman–Crippen MR) is 47.5 cm³/mol. The average molecular weight is 150 g/mol. The summed E-state index contributed by atoms with van der Waals surface area (Å²) in [7, 11) is 0. The summed E-state index contributed by atoms with van der Waals surface area (Å²) >= 11 is 0. The molecule has 0 unspecified atom stereocenters. The maximum absolute atomic E-state index is 5.82. The number of nitrogens with two attached hydrogens (primary N) is 1. The van der Waals surface area contributed by atoms with E-state index in [0.29, 0.717) is 0 Å². The lowest BCUT2D eigenvalue weighted by Gasteiger charge is -2.07. The predicted octanol–water partition coefficient (Wildman–Crippen LogP) is 1.84. The lowest BCUT2D eigenvalue weighted by Crippen LogP contribution is -2.00. The molecule has 2 N–H and O–H groups in total. The van der Waals surface area contributed by atoms with Gasteiger partial charge in [-0.15, -0.1) is 0 Å². The zero-order valence-electron chi connectivity index (χ0n) is 7.31. The lowest BCUT2D eigenvalue weighted by atomic mass is 10.1. The van der Waals surface area contributed by atoms with Crippen molar-refractivity contribution in [2.75, 3.05) is 5.73 Å². The first-order valence-corrected chi connectivity index (χ1v) is 3.87. The Morgan fingerprint density at radius 3 is 2.64 bits per heavy atom. The SMILES string of the molecule is CCc1ncc(C)c(N)c1C. The molecule has 1 heterocycles. The van der Waals surface area contributed by atoms with Gasteiger partial charge in [0, 0.05) is 17.6 Å². The van der Waals surface area contributed by atoms with Crippen LogP contribution in [0.25, 0.3) is 0 Å². The topological polar surface area (TPSA) is 38.9 Å². The first-order valence-electron chi connectivity index (χ1n) is 3.87. The van der Waals surface area contributed by atoms with Crippen LogP contribution in [0.5, 0.6) is 0 Å². The molecule has 0 bridgehead atoms. The molecule has 0 aromatic carbocycles. The highest BCUT2D eigenvalue weighted by atomic mass is 14.7. The van der Waals surface area contributed by atoms with Crippen molar-refractivity contribution < 1.29 is 0 Å². The van der Waals surface area contributed by atoms with Gasteiger partial charge in [-0.2, -0.15) is 0 Å². The average Bonchev–Trinajstić information content (AvgIpc) is 2.01. The van der Waals surface area contributed by atoms with Crippen LogP contribution in [-0.4, -0.2) is 4.98 Å². The molecule has 0 aliphatic carbocycles. The summed E-state index contributed by atoms with van der Waals surface area (Å²) in [6.07, 6.45) is 2.79. The molecule has 1 rings (SSSR count). The van der Waals surface area contributed by atoms with Crippen molar-refractivity contribution in [3.05, 3.63) is 23.0 Å². The zero-order chi connectivity index (χ0) is 8.43. The van der Waals surface area contributed by atoms with Crippen molar-refractivity contribution in [1.29, 1.82) is 0 Å². The third kappa shape index (κ3) is 1.34. The van der Waals surface area contributed by atoms with E-state index in [2.05, 4.69) is 11.9 Å². The van der Waals surface area contributed by atoms with Crippen LogP contribution >= 0.6 is 0 Å². The molecule has 1 aromatic rings. The van der Waals surface area contributed by atoms with Crippen LogP contribution in [0, 0.1) is 13.8 Å². The van der Waals surface area contributed by atoms with Gasteiger partial charge in [-0.05, 0) is 31.4 Å². The van der Waals surface area contributed by atoms with E-state index < -0.39 is 0 Å². The number of anilines is 1. The molecule has 60 valence electrons. The summed E-state index contributed by atoms with van der Waals surface area (Å²) in [5.74, 6) is 0. The van der Waals surface area contributed by atoms with Gasteiger partial charge in [0.1, 0.15) is 0 Å². The van der Waals surface area contributed by atoms with E-state index >= 15 is 0 Å². The maximum atomic E-state index is 5.82. The molecule has 0 fully saturated rings. The molecule has 0 amide bonds. The fraction of sp³-hybridized carbons (Fsp3) is 0.444. The van der Waals surface area contributed by atoms with E-state index in [-0.39, 0.29) is 0 Å². The Morgan fingerprint density at radius 1 is 1.45 bits per heavy atom. The van der Waals surface area contributed by atoms with Gasteiger partial charge in [0.15, 0.2) is 0 Å². The van der Waals surface area contributed by atoms with Gasteiger partial charge in [-0.25, -0.2) is 0 Å². The molecule has 0 spiro atoms. The number of hydrogen-bond donors (Lipinski definition) is 1.